The first-order chi connectivity index (χ1) is 15.2. The van der Waals surface area contributed by atoms with Gasteiger partial charge < -0.3 is 14.7 Å². The number of piperidine rings is 1. The van der Waals surface area contributed by atoms with Crippen LogP contribution in [0, 0.1) is 0 Å². The zero-order valence-corrected chi connectivity index (χ0v) is 17.4. The third-order valence-electron chi connectivity index (χ3n) is 5.58. The van der Waals surface area contributed by atoms with E-state index in [0.29, 0.717) is 41.9 Å². The van der Waals surface area contributed by atoms with Crippen LogP contribution in [0.3, 0.4) is 0 Å². The number of pyridine rings is 1. The number of aromatic nitrogens is 5. The number of aryl methyl sites for hydroxylation is 1. The fourth-order valence-corrected chi connectivity index (χ4v) is 4.08. The lowest BCUT2D eigenvalue weighted by atomic mass is 9.99. The van der Waals surface area contributed by atoms with Gasteiger partial charge in [-0.1, -0.05) is 6.92 Å². The molecule has 3 saturated heterocycles. The van der Waals surface area contributed by atoms with Gasteiger partial charge in [-0.15, -0.1) is 5.10 Å². The fourth-order valence-electron chi connectivity index (χ4n) is 4.08. The molecule has 2 N–H and O–H groups in total. The van der Waals surface area contributed by atoms with Crippen molar-refractivity contribution in [1.29, 1.82) is 0 Å². The van der Waals surface area contributed by atoms with Crippen molar-refractivity contribution in [2.75, 3.05) is 23.3 Å². The predicted octanol–water partition coefficient (Wildman–Crippen LogP) is 2.95. The molecule has 6 heterocycles. The number of hydrogen-bond donors (Lipinski definition) is 2. The minimum Gasteiger partial charge on any atom is -0.465 e. The number of anilines is 2. The van der Waals surface area contributed by atoms with Gasteiger partial charge in [0.2, 0.25) is 5.82 Å². The number of amides is 1. The van der Waals surface area contributed by atoms with Crippen molar-refractivity contribution >= 4 is 28.6 Å². The number of nitrogens with one attached hydrogen (secondary N) is 1. The number of fused-ring (bicyclic) bond motifs is 3. The summed E-state index contributed by atoms with van der Waals surface area (Å²) >= 11 is 0. The maximum absolute atomic E-state index is 14.1. The first-order valence-corrected chi connectivity index (χ1v) is 10.3. The van der Waals surface area contributed by atoms with Crippen molar-refractivity contribution in [3.05, 3.63) is 29.8 Å². The van der Waals surface area contributed by atoms with Crippen LogP contribution < -0.4 is 10.2 Å². The lowest BCUT2D eigenvalue weighted by Crippen LogP contribution is -2.57. The van der Waals surface area contributed by atoms with Gasteiger partial charge in [-0.25, -0.2) is 24.4 Å². The molecule has 3 aromatic rings. The Balaban J connectivity index is 1.68. The number of hydrogen-bond acceptors (Lipinski definition) is 7. The molecular weight excluding hydrogens is 424 g/mol. The molecule has 1 amide bonds. The van der Waals surface area contributed by atoms with Gasteiger partial charge in [0, 0.05) is 50.5 Å². The van der Waals surface area contributed by atoms with E-state index in [2.05, 4.69) is 25.2 Å². The Kier molecular flexibility index (Phi) is 4.69. The Morgan fingerprint density at radius 2 is 2.03 bits per heavy atom. The van der Waals surface area contributed by atoms with Gasteiger partial charge in [0.15, 0.2) is 11.6 Å². The van der Waals surface area contributed by atoms with Gasteiger partial charge >= 0.3 is 12.0 Å². The smallest absolute Gasteiger partial charge is 0.410 e. The molecule has 3 aliphatic heterocycles. The zero-order valence-electron chi connectivity index (χ0n) is 17.4. The number of carbonyl (C=O) groups is 1. The van der Waals surface area contributed by atoms with Crippen molar-refractivity contribution in [2.45, 2.75) is 44.8 Å². The minimum atomic E-state index is -3.23. The van der Waals surface area contributed by atoms with E-state index in [0.717, 1.165) is 13.3 Å². The van der Waals surface area contributed by atoms with Gasteiger partial charge in [0.1, 0.15) is 5.82 Å². The lowest BCUT2D eigenvalue weighted by molar-refractivity contribution is -0.133. The molecule has 0 aromatic carbocycles. The Hall–Kier alpha value is -3.41. The van der Waals surface area contributed by atoms with Crippen molar-refractivity contribution < 1.29 is 23.4 Å². The second-order valence-electron chi connectivity index (χ2n) is 8.06. The highest BCUT2D eigenvalue weighted by molar-refractivity contribution is 5.94. The van der Waals surface area contributed by atoms with Crippen LogP contribution in [-0.4, -0.2) is 61.2 Å². The van der Waals surface area contributed by atoms with Crippen molar-refractivity contribution in [2.24, 2.45) is 0 Å². The first kappa shape index (κ1) is 20.5. The van der Waals surface area contributed by atoms with Crippen LogP contribution in [0.5, 0.6) is 0 Å². The third kappa shape index (κ3) is 3.60. The van der Waals surface area contributed by atoms with E-state index in [4.69, 9.17) is 14.9 Å². The summed E-state index contributed by atoms with van der Waals surface area (Å²) in [6.45, 7) is 3.87. The molecule has 3 fully saturated rings. The van der Waals surface area contributed by atoms with Crippen LogP contribution in [0.25, 0.3) is 16.7 Å². The Labute approximate surface area is 181 Å². The van der Waals surface area contributed by atoms with Gasteiger partial charge in [-0.05, 0) is 6.42 Å². The van der Waals surface area contributed by atoms with Crippen LogP contribution in [0.15, 0.2) is 18.3 Å². The molecule has 10 nitrogen and oxygen atoms in total. The number of alkyl halides is 2. The van der Waals surface area contributed by atoms with E-state index in [9.17, 15) is 13.6 Å². The van der Waals surface area contributed by atoms with Crippen molar-refractivity contribution in [3.8, 4) is 5.82 Å². The van der Waals surface area contributed by atoms with Crippen molar-refractivity contribution in [1.82, 2.24) is 24.7 Å². The highest BCUT2D eigenvalue weighted by Crippen LogP contribution is 2.36. The average molecular weight is 445 g/mol. The summed E-state index contributed by atoms with van der Waals surface area (Å²) in [5, 5.41) is 16.6. The number of nitrogens with zero attached hydrogens (tertiary/aromatic N) is 6. The molecule has 3 aromatic heterocycles. The Morgan fingerprint density at radius 3 is 2.66 bits per heavy atom. The lowest BCUT2D eigenvalue weighted by Gasteiger charge is -2.47. The quantitative estimate of drug-likeness (QED) is 0.615. The molecular formula is C20H21F2N7O3. The standard InChI is InChI=1S/C20H21F2N7O3/c1-3-10-4-16(26-18(24-10)20(2,21)22)29-14-6-15(25-19(30)31)23-7-13(14)17(27-29)28-8-11-5-12(9-28)32-11/h4,6-7,11-12H,3,5,8-9H2,1-2H3,(H,23,25)(H,30,31). The Bertz CT molecular complexity index is 1190. The predicted molar refractivity (Wildman–Crippen MR) is 111 cm³/mol. The topological polar surface area (TPSA) is 118 Å². The summed E-state index contributed by atoms with van der Waals surface area (Å²) in [4.78, 5) is 25.4. The molecule has 2 unspecified atom stereocenters. The van der Waals surface area contributed by atoms with Crippen LogP contribution in [0.1, 0.15) is 31.8 Å². The van der Waals surface area contributed by atoms with Crippen LogP contribution in [-0.2, 0) is 17.1 Å². The maximum Gasteiger partial charge on any atom is 0.410 e. The molecule has 2 atom stereocenters. The first-order valence-electron chi connectivity index (χ1n) is 10.3. The van der Waals surface area contributed by atoms with Gasteiger partial charge in [0.05, 0.1) is 23.1 Å². The highest BCUT2D eigenvalue weighted by Gasteiger charge is 2.40. The normalized spacial score (nSPS) is 20.3. The number of halogens is 2. The summed E-state index contributed by atoms with van der Waals surface area (Å²) in [5.74, 6) is -2.94. The summed E-state index contributed by atoms with van der Waals surface area (Å²) in [6, 6.07) is 3.12. The number of morpholine rings is 1. The number of rotatable bonds is 5. The zero-order chi connectivity index (χ0) is 22.6. The van der Waals surface area contributed by atoms with E-state index in [1.54, 1.807) is 6.07 Å². The summed E-state index contributed by atoms with van der Waals surface area (Å²) in [7, 11) is 0. The van der Waals surface area contributed by atoms with E-state index in [1.165, 1.54) is 16.9 Å². The second kappa shape index (κ2) is 7.33. The maximum atomic E-state index is 14.1. The molecule has 2 bridgehead atoms. The highest BCUT2D eigenvalue weighted by atomic mass is 19.3. The molecule has 32 heavy (non-hydrogen) atoms. The molecule has 6 rings (SSSR count). The van der Waals surface area contributed by atoms with Gasteiger partial charge in [-0.2, -0.15) is 8.78 Å². The summed E-state index contributed by atoms with van der Waals surface area (Å²) in [5.41, 5.74) is 0.937. The van der Waals surface area contributed by atoms with Crippen LogP contribution in [0.2, 0.25) is 0 Å². The van der Waals surface area contributed by atoms with E-state index in [-0.39, 0.29) is 23.8 Å². The fraction of sp³-hybridized carbons (Fsp3) is 0.450. The van der Waals surface area contributed by atoms with E-state index >= 15 is 0 Å². The monoisotopic (exact) mass is 445 g/mol. The SMILES string of the molecule is CCc1cc(-n2nc(N3CC4CC(C3)O4)c3cnc(NC(=O)O)cc32)nc(C(C)(F)F)n1. The molecule has 168 valence electrons. The van der Waals surface area contributed by atoms with Crippen molar-refractivity contribution in [3.63, 3.8) is 0 Å². The molecule has 0 spiro atoms. The van der Waals surface area contributed by atoms with E-state index in [1.807, 2.05) is 6.92 Å². The van der Waals surface area contributed by atoms with Crippen LogP contribution >= 0.6 is 0 Å². The Morgan fingerprint density at radius 1 is 1.31 bits per heavy atom. The van der Waals surface area contributed by atoms with Gasteiger partial charge in [-0.3, -0.25) is 5.32 Å². The van der Waals surface area contributed by atoms with E-state index < -0.39 is 17.8 Å². The minimum absolute atomic E-state index is 0.0911. The molecule has 0 radical (unpaired) electrons. The van der Waals surface area contributed by atoms with Crippen LogP contribution in [0.4, 0.5) is 25.2 Å². The number of carboxylic acid groups (broad SMARTS) is 1. The number of ether oxygens (including phenoxy) is 1. The molecule has 3 aliphatic rings. The summed E-state index contributed by atoms with van der Waals surface area (Å²) in [6.07, 6.45) is 1.96. The summed E-state index contributed by atoms with van der Waals surface area (Å²) < 4.78 is 35.3. The molecule has 0 saturated carbocycles. The van der Waals surface area contributed by atoms with Gasteiger partial charge in [0.25, 0.3) is 0 Å². The molecule has 12 heteroatoms. The third-order valence-corrected chi connectivity index (χ3v) is 5.58. The second-order valence-corrected chi connectivity index (χ2v) is 8.06. The molecule has 0 aliphatic carbocycles. The average Bonchev–Trinajstić information content (AvgIpc) is 3.11. The largest absolute Gasteiger partial charge is 0.465 e.